The summed E-state index contributed by atoms with van der Waals surface area (Å²) in [7, 11) is 0. The number of primary amides is 1. The van der Waals surface area contributed by atoms with Crippen molar-refractivity contribution in [1.29, 1.82) is 0 Å². The number of alkyl halides is 1. The van der Waals surface area contributed by atoms with Crippen molar-refractivity contribution in [2.75, 3.05) is 5.33 Å². The van der Waals surface area contributed by atoms with E-state index in [9.17, 15) is 4.79 Å². The number of hydrogen-bond donors (Lipinski definition) is 1. The normalized spacial score (nSPS) is 11.2. The van der Waals surface area contributed by atoms with E-state index in [1.165, 1.54) is 0 Å². The molecule has 0 heterocycles. The summed E-state index contributed by atoms with van der Waals surface area (Å²) in [4.78, 5) is 10.4. The smallest absolute Gasteiger partial charge is 0.405 e. The van der Waals surface area contributed by atoms with Crippen LogP contribution in [0.5, 0.6) is 0 Å². The van der Waals surface area contributed by atoms with Gasteiger partial charge in [-0.05, 0) is 26.7 Å². The number of rotatable bonds is 4. The van der Waals surface area contributed by atoms with Gasteiger partial charge in [0.15, 0.2) is 0 Å². The molecule has 0 aliphatic heterocycles. The van der Waals surface area contributed by atoms with Crippen molar-refractivity contribution in [1.82, 2.24) is 0 Å². The molecule has 11 heavy (non-hydrogen) atoms. The number of ether oxygens (including phenoxy) is 1. The van der Waals surface area contributed by atoms with Crippen molar-refractivity contribution in [2.24, 2.45) is 5.73 Å². The summed E-state index contributed by atoms with van der Waals surface area (Å²) in [5.41, 5.74) is 4.45. The summed E-state index contributed by atoms with van der Waals surface area (Å²) in [6.07, 6.45) is 1.09. The predicted octanol–water partition coefficient (Wildman–Crippen LogP) is 2.04. The molecule has 0 bridgehead atoms. The van der Waals surface area contributed by atoms with Crippen molar-refractivity contribution in [3.05, 3.63) is 0 Å². The van der Waals surface area contributed by atoms with Gasteiger partial charge in [0.05, 0.1) is 0 Å². The van der Waals surface area contributed by atoms with E-state index in [-0.39, 0.29) is 0 Å². The molecule has 0 saturated carbocycles. The zero-order valence-corrected chi connectivity index (χ0v) is 8.48. The number of amides is 1. The topological polar surface area (TPSA) is 52.3 Å². The van der Waals surface area contributed by atoms with Gasteiger partial charge < -0.3 is 10.5 Å². The first-order valence-corrected chi connectivity index (χ1v) is 4.64. The minimum Gasteiger partial charge on any atom is -0.444 e. The Balaban J connectivity index is 3.70. The molecule has 0 aliphatic rings. The minimum atomic E-state index is -0.704. The van der Waals surface area contributed by atoms with E-state index >= 15 is 0 Å². The number of nitrogens with two attached hydrogens (primary N) is 1. The van der Waals surface area contributed by atoms with Gasteiger partial charge in [0.25, 0.3) is 0 Å². The van der Waals surface area contributed by atoms with E-state index in [4.69, 9.17) is 10.5 Å². The lowest BCUT2D eigenvalue weighted by molar-refractivity contribution is 0.0389. The van der Waals surface area contributed by atoms with Crippen LogP contribution in [-0.2, 0) is 4.74 Å². The maximum Gasteiger partial charge on any atom is 0.405 e. The predicted molar refractivity (Wildman–Crippen MR) is 47.8 cm³/mol. The number of carbonyl (C=O) groups is 1. The summed E-state index contributed by atoms with van der Waals surface area (Å²) in [6.45, 7) is 3.70. The largest absolute Gasteiger partial charge is 0.444 e. The van der Waals surface area contributed by atoms with Crippen LogP contribution in [0.3, 0.4) is 0 Å². The van der Waals surface area contributed by atoms with Crippen molar-refractivity contribution in [2.45, 2.75) is 32.3 Å². The second-order valence-corrected chi connectivity index (χ2v) is 3.77. The molecule has 0 rings (SSSR count). The maximum atomic E-state index is 10.4. The van der Waals surface area contributed by atoms with E-state index < -0.39 is 11.7 Å². The highest BCUT2D eigenvalue weighted by atomic mass is 79.9. The maximum absolute atomic E-state index is 10.4. The molecule has 4 heteroatoms. The zero-order valence-electron chi connectivity index (χ0n) is 6.89. The molecule has 0 radical (unpaired) electrons. The van der Waals surface area contributed by atoms with Gasteiger partial charge in [0, 0.05) is 5.33 Å². The summed E-state index contributed by atoms with van der Waals surface area (Å²) in [6, 6.07) is 0. The van der Waals surface area contributed by atoms with E-state index in [0.717, 1.165) is 18.2 Å². The summed E-state index contributed by atoms with van der Waals surface area (Å²) < 4.78 is 4.86. The van der Waals surface area contributed by atoms with Crippen LogP contribution in [0.4, 0.5) is 4.79 Å². The van der Waals surface area contributed by atoms with Crippen LogP contribution >= 0.6 is 15.9 Å². The summed E-state index contributed by atoms with van der Waals surface area (Å²) in [5.74, 6) is 0. The van der Waals surface area contributed by atoms with Crippen LogP contribution in [0.25, 0.3) is 0 Å². The molecule has 0 spiro atoms. The van der Waals surface area contributed by atoms with Gasteiger partial charge in [-0.3, -0.25) is 0 Å². The fraction of sp³-hybridized carbons (Fsp3) is 0.857. The Morgan fingerprint density at radius 3 is 2.55 bits per heavy atom. The zero-order chi connectivity index (χ0) is 8.91. The van der Waals surface area contributed by atoms with Crippen LogP contribution in [0, 0.1) is 0 Å². The third-order valence-corrected chi connectivity index (χ3v) is 1.85. The van der Waals surface area contributed by atoms with E-state index in [0.29, 0.717) is 0 Å². The van der Waals surface area contributed by atoms with Crippen LogP contribution in [-0.4, -0.2) is 17.0 Å². The monoisotopic (exact) mass is 223 g/mol. The average Bonchev–Trinajstić information content (AvgIpc) is 1.81. The van der Waals surface area contributed by atoms with Crippen LogP contribution in [0.1, 0.15) is 26.7 Å². The first kappa shape index (κ1) is 10.8. The molecule has 66 valence electrons. The molecule has 2 N–H and O–H groups in total. The molecule has 0 atom stereocenters. The number of hydrogen-bond acceptors (Lipinski definition) is 2. The van der Waals surface area contributed by atoms with Crippen LogP contribution < -0.4 is 5.73 Å². The second-order valence-electron chi connectivity index (χ2n) is 2.97. The third kappa shape index (κ3) is 6.16. The van der Waals surface area contributed by atoms with Gasteiger partial charge in [-0.2, -0.15) is 0 Å². The molecule has 0 aromatic carbocycles. The van der Waals surface area contributed by atoms with E-state index in [1.54, 1.807) is 0 Å². The Morgan fingerprint density at radius 2 is 2.18 bits per heavy atom. The summed E-state index contributed by atoms with van der Waals surface area (Å²) in [5, 5.41) is 0.915. The molecule has 0 aromatic rings. The van der Waals surface area contributed by atoms with E-state index in [2.05, 4.69) is 15.9 Å². The Labute approximate surface area is 75.4 Å². The highest BCUT2D eigenvalue weighted by molar-refractivity contribution is 9.09. The highest BCUT2D eigenvalue weighted by Gasteiger charge is 2.20. The van der Waals surface area contributed by atoms with Crippen molar-refractivity contribution < 1.29 is 9.53 Å². The molecule has 3 nitrogen and oxygen atoms in total. The fourth-order valence-corrected chi connectivity index (χ4v) is 1.10. The Bertz CT molecular complexity index is 136. The molecule has 0 aliphatic carbocycles. The lowest BCUT2D eigenvalue weighted by Crippen LogP contribution is -2.31. The highest BCUT2D eigenvalue weighted by Crippen LogP contribution is 2.16. The molecular formula is C7H14BrNO2. The SMILES string of the molecule is CC(C)(CCCBr)OC(N)=O. The quantitative estimate of drug-likeness (QED) is 0.743. The Morgan fingerprint density at radius 1 is 1.64 bits per heavy atom. The van der Waals surface area contributed by atoms with Crippen molar-refractivity contribution >= 4 is 22.0 Å². The van der Waals surface area contributed by atoms with Crippen molar-refractivity contribution in [3.63, 3.8) is 0 Å². The van der Waals surface area contributed by atoms with Gasteiger partial charge >= 0.3 is 6.09 Å². The fourth-order valence-electron chi connectivity index (χ4n) is 0.816. The summed E-state index contributed by atoms with van der Waals surface area (Å²) >= 11 is 3.30. The Hall–Kier alpha value is -0.250. The lowest BCUT2D eigenvalue weighted by Gasteiger charge is -2.23. The van der Waals surface area contributed by atoms with Gasteiger partial charge in [0.1, 0.15) is 5.60 Å². The van der Waals surface area contributed by atoms with Gasteiger partial charge in [0.2, 0.25) is 0 Å². The molecule has 0 aromatic heterocycles. The minimum absolute atomic E-state index is 0.431. The van der Waals surface area contributed by atoms with Gasteiger partial charge in [-0.1, -0.05) is 15.9 Å². The standard InChI is InChI=1S/C7H14BrNO2/c1-7(2,4-3-5-8)11-6(9)10/h3-5H2,1-2H3,(H2,9,10). The molecule has 0 unspecified atom stereocenters. The Kier molecular flexibility index (Phi) is 4.49. The molecule has 0 saturated heterocycles. The third-order valence-electron chi connectivity index (χ3n) is 1.29. The second kappa shape index (κ2) is 4.59. The average molecular weight is 224 g/mol. The van der Waals surface area contributed by atoms with Crippen LogP contribution in [0.15, 0.2) is 0 Å². The van der Waals surface area contributed by atoms with Gasteiger partial charge in [-0.25, -0.2) is 4.79 Å². The number of halogens is 1. The molecule has 0 fully saturated rings. The van der Waals surface area contributed by atoms with Crippen molar-refractivity contribution in [3.8, 4) is 0 Å². The molecule has 1 amide bonds. The number of carbonyl (C=O) groups excluding carboxylic acids is 1. The van der Waals surface area contributed by atoms with E-state index in [1.807, 2.05) is 13.8 Å². The first-order chi connectivity index (χ1) is 4.98. The lowest BCUT2D eigenvalue weighted by atomic mass is 10.0. The van der Waals surface area contributed by atoms with Crippen LogP contribution in [0.2, 0.25) is 0 Å². The first-order valence-electron chi connectivity index (χ1n) is 3.52. The molecular weight excluding hydrogens is 210 g/mol. The van der Waals surface area contributed by atoms with Gasteiger partial charge in [-0.15, -0.1) is 0 Å².